The van der Waals surface area contributed by atoms with Crippen molar-refractivity contribution in [3.8, 4) is 11.4 Å². The lowest BCUT2D eigenvalue weighted by molar-refractivity contribution is 0.425. The van der Waals surface area contributed by atoms with Crippen LogP contribution in [0.25, 0.3) is 22.4 Å². The highest BCUT2D eigenvalue weighted by Crippen LogP contribution is 2.29. The van der Waals surface area contributed by atoms with Gasteiger partial charge in [0.1, 0.15) is 28.2 Å². The molecule has 0 aliphatic carbocycles. The summed E-state index contributed by atoms with van der Waals surface area (Å²) in [5.74, 6) is -2.36. The molecule has 4 aromatic rings. The summed E-state index contributed by atoms with van der Waals surface area (Å²) in [6, 6.07) is 5.60. The number of aromatic nitrogens is 4. The third kappa shape index (κ3) is 5.20. The van der Waals surface area contributed by atoms with Crippen molar-refractivity contribution in [3.63, 3.8) is 0 Å². The molecule has 0 spiro atoms. The molecule has 3 N–H and O–H groups in total. The number of aromatic amines is 1. The molecule has 0 unspecified atom stereocenters. The molecule has 0 aliphatic heterocycles. The maximum Gasteiger partial charge on any atom is 0.265 e. The minimum absolute atomic E-state index is 0.179. The molecule has 0 aliphatic rings. The first-order valence-corrected chi connectivity index (χ1v) is 11.9. The predicted octanol–water partition coefficient (Wildman–Crippen LogP) is 3.52. The summed E-state index contributed by atoms with van der Waals surface area (Å²) in [4.78, 5) is 9.99. The zero-order valence-corrected chi connectivity index (χ0v) is 19.8. The maximum atomic E-state index is 14.9. The Labute approximate surface area is 199 Å². The van der Waals surface area contributed by atoms with Gasteiger partial charge >= 0.3 is 0 Å². The van der Waals surface area contributed by atoms with E-state index in [9.17, 15) is 21.6 Å². The molecule has 2 aromatic carbocycles. The van der Waals surface area contributed by atoms with Crippen LogP contribution in [0, 0.1) is 24.4 Å². The monoisotopic (exact) mass is 505 g/mol. The van der Waals surface area contributed by atoms with E-state index in [0.29, 0.717) is 41.2 Å². The van der Waals surface area contributed by atoms with Crippen molar-refractivity contribution >= 4 is 32.6 Å². The number of hydrogen-bond acceptors (Lipinski definition) is 7. The van der Waals surface area contributed by atoms with Gasteiger partial charge in [0.2, 0.25) is 0 Å². The summed E-state index contributed by atoms with van der Waals surface area (Å²) in [6.45, 7) is 3.14. The average Bonchev–Trinajstić information content (AvgIpc) is 3.17. The highest BCUT2D eigenvalue weighted by molar-refractivity contribution is 7.92. The minimum atomic E-state index is -4.58. The number of nitrogens with zero attached hydrogens (tertiary/aromatic N) is 4. The molecule has 0 atom stereocenters. The lowest BCUT2D eigenvalue weighted by Gasteiger charge is -2.13. The first-order chi connectivity index (χ1) is 16.5. The number of aryl methyl sites for hydroxylation is 1. The number of likely N-dealkylation sites (N-methyl/N-ethyl adjacent to an activating group) is 1. The fourth-order valence-electron chi connectivity index (χ4n) is 3.35. The second kappa shape index (κ2) is 9.50. The number of hydrogen-bond donors (Lipinski definition) is 3. The highest BCUT2D eigenvalue weighted by atomic mass is 32.2. The third-order valence-corrected chi connectivity index (χ3v) is 6.49. The molecule has 0 amide bonds. The Morgan fingerprint density at radius 1 is 1.03 bits per heavy atom. The molecule has 4 rings (SSSR count). The van der Waals surface area contributed by atoms with Gasteiger partial charge in [0.25, 0.3) is 10.0 Å². The molecule has 35 heavy (non-hydrogen) atoms. The Kier molecular flexibility index (Phi) is 6.63. The Hall–Kier alpha value is -3.71. The number of sulfonamides is 1. The molecule has 9 nitrogen and oxygen atoms in total. The summed E-state index contributed by atoms with van der Waals surface area (Å²) in [5.41, 5.74) is 0.971. The summed E-state index contributed by atoms with van der Waals surface area (Å²) < 4.78 is 69.2. The average molecular weight is 506 g/mol. The summed E-state index contributed by atoms with van der Waals surface area (Å²) >= 11 is 0. The van der Waals surface area contributed by atoms with Crippen molar-refractivity contribution < 1.29 is 21.6 Å². The predicted molar refractivity (Wildman–Crippen MR) is 126 cm³/mol. The fraction of sp³-hybridized carbons (Fsp3) is 0.227. The fourth-order valence-corrected chi connectivity index (χ4v) is 4.51. The van der Waals surface area contributed by atoms with Crippen LogP contribution in [0.15, 0.2) is 41.3 Å². The van der Waals surface area contributed by atoms with Crippen LogP contribution in [0.3, 0.4) is 0 Å². The highest BCUT2D eigenvalue weighted by Gasteiger charge is 2.22. The molecule has 2 heterocycles. The minimum Gasteiger partial charge on any atom is -0.368 e. The van der Waals surface area contributed by atoms with Crippen LogP contribution in [0.4, 0.5) is 24.7 Å². The van der Waals surface area contributed by atoms with Gasteiger partial charge in [-0.2, -0.15) is 5.10 Å². The van der Waals surface area contributed by atoms with Crippen molar-refractivity contribution in [2.45, 2.75) is 11.8 Å². The molecule has 0 fully saturated rings. The quantitative estimate of drug-likeness (QED) is 0.336. The van der Waals surface area contributed by atoms with E-state index in [1.807, 2.05) is 23.7 Å². The molecule has 0 saturated heterocycles. The smallest absolute Gasteiger partial charge is 0.265 e. The van der Waals surface area contributed by atoms with Crippen molar-refractivity contribution in [1.82, 2.24) is 25.1 Å². The zero-order chi connectivity index (χ0) is 25.3. The SMILES string of the molecule is Cc1n[nH]c2nc(-c3ccc(NS(=O)(=O)c4cc(F)ccc4F)c(F)c3)nc(NCCN(C)C)c12. The number of benzene rings is 2. The molecule has 13 heteroatoms. The van der Waals surface area contributed by atoms with E-state index < -0.39 is 38.1 Å². The van der Waals surface area contributed by atoms with Gasteiger partial charge in [0, 0.05) is 18.7 Å². The standard InChI is InChI=1S/C22H22F3N7O2S/c1-12-19-21(26-8-9-32(2)3)27-20(28-22(19)30-29-12)13-4-7-17(16(25)10-13)31-35(33,34)18-11-14(23)5-6-15(18)24/h4-7,10-11,31H,8-9H2,1-3H3,(H2,26,27,28,29,30). The van der Waals surface area contributed by atoms with Crippen molar-refractivity contribution in [2.75, 3.05) is 37.2 Å². The zero-order valence-electron chi connectivity index (χ0n) is 19.0. The Balaban J connectivity index is 1.66. The van der Waals surface area contributed by atoms with Crippen LogP contribution < -0.4 is 10.0 Å². The van der Waals surface area contributed by atoms with Crippen molar-refractivity contribution in [3.05, 3.63) is 59.5 Å². The van der Waals surface area contributed by atoms with Crippen LogP contribution in [0.1, 0.15) is 5.69 Å². The number of anilines is 2. The third-order valence-electron chi connectivity index (χ3n) is 5.11. The van der Waals surface area contributed by atoms with Gasteiger partial charge in [0.15, 0.2) is 11.5 Å². The molecular weight excluding hydrogens is 483 g/mol. The maximum absolute atomic E-state index is 14.9. The number of H-pyrrole nitrogens is 1. The molecule has 2 aromatic heterocycles. The van der Waals surface area contributed by atoms with Gasteiger partial charge in [-0.05, 0) is 57.4 Å². The van der Waals surface area contributed by atoms with E-state index >= 15 is 0 Å². The second-order valence-corrected chi connectivity index (χ2v) is 9.68. The van der Waals surface area contributed by atoms with E-state index in [4.69, 9.17) is 0 Å². The lowest BCUT2D eigenvalue weighted by atomic mass is 10.2. The second-order valence-electron chi connectivity index (χ2n) is 8.03. The van der Waals surface area contributed by atoms with Crippen molar-refractivity contribution in [1.29, 1.82) is 0 Å². The first-order valence-electron chi connectivity index (χ1n) is 10.4. The molecule has 0 saturated carbocycles. The van der Waals surface area contributed by atoms with Crippen LogP contribution in [-0.2, 0) is 10.0 Å². The summed E-state index contributed by atoms with van der Waals surface area (Å²) in [6.07, 6.45) is 0. The van der Waals surface area contributed by atoms with Crippen LogP contribution in [0.5, 0.6) is 0 Å². The summed E-state index contributed by atoms with van der Waals surface area (Å²) in [5, 5.41) is 10.9. The molecule has 0 radical (unpaired) electrons. The first kappa shape index (κ1) is 24.4. The van der Waals surface area contributed by atoms with Gasteiger partial charge in [0.05, 0.1) is 16.8 Å². The number of fused-ring (bicyclic) bond motifs is 1. The Morgan fingerprint density at radius 3 is 2.51 bits per heavy atom. The van der Waals surface area contributed by atoms with E-state index in [-0.39, 0.29) is 11.4 Å². The van der Waals surface area contributed by atoms with E-state index in [1.165, 1.54) is 6.07 Å². The van der Waals surface area contributed by atoms with E-state index in [1.54, 1.807) is 6.92 Å². The lowest BCUT2D eigenvalue weighted by Crippen LogP contribution is -2.21. The number of nitrogens with one attached hydrogen (secondary N) is 3. The van der Waals surface area contributed by atoms with Crippen molar-refractivity contribution in [2.24, 2.45) is 0 Å². The van der Waals surface area contributed by atoms with Gasteiger partial charge in [-0.3, -0.25) is 9.82 Å². The van der Waals surface area contributed by atoms with Gasteiger partial charge in [-0.15, -0.1) is 0 Å². The topological polar surface area (TPSA) is 116 Å². The molecule has 0 bridgehead atoms. The Bertz CT molecular complexity index is 1510. The molecule has 184 valence electrons. The van der Waals surface area contributed by atoms with E-state index in [0.717, 1.165) is 24.7 Å². The Morgan fingerprint density at radius 2 is 1.80 bits per heavy atom. The summed E-state index contributed by atoms with van der Waals surface area (Å²) in [7, 11) is -0.705. The van der Waals surface area contributed by atoms with Crippen LogP contribution >= 0.6 is 0 Å². The number of halogens is 3. The van der Waals surface area contributed by atoms with Gasteiger partial charge in [-0.1, -0.05) is 0 Å². The van der Waals surface area contributed by atoms with E-state index in [2.05, 4.69) is 25.5 Å². The number of rotatable bonds is 8. The van der Waals surface area contributed by atoms with Gasteiger partial charge in [-0.25, -0.2) is 31.6 Å². The van der Waals surface area contributed by atoms with Gasteiger partial charge < -0.3 is 10.2 Å². The molecular formula is C22H22F3N7O2S. The van der Waals surface area contributed by atoms with Crippen LogP contribution in [-0.4, -0.2) is 60.7 Å². The normalized spacial score (nSPS) is 11.9. The largest absolute Gasteiger partial charge is 0.368 e. The van der Waals surface area contributed by atoms with Crippen LogP contribution in [0.2, 0.25) is 0 Å².